The van der Waals surface area contributed by atoms with Gasteiger partial charge >= 0.3 is 0 Å². The van der Waals surface area contributed by atoms with Crippen LogP contribution >= 0.6 is 0 Å². The zero-order valence-electron chi connectivity index (χ0n) is 11.8. The molecular formula is C15H20N4O. The third-order valence-electron chi connectivity index (χ3n) is 3.24. The Morgan fingerprint density at radius 1 is 1.35 bits per heavy atom. The van der Waals surface area contributed by atoms with Crippen LogP contribution in [0.25, 0.3) is 11.3 Å². The number of rotatable bonds is 5. The van der Waals surface area contributed by atoms with Gasteiger partial charge in [0.05, 0.1) is 11.2 Å². The molecule has 0 saturated carbocycles. The average Bonchev–Trinajstić information content (AvgIpc) is 2.93. The third kappa shape index (κ3) is 3.24. The van der Waals surface area contributed by atoms with Crippen LogP contribution in [-0.2, 0) is 4.79 Å². The number of hydrogen-bond donors (Lipinski definition) is 3. The minimum Gasteiger partial charge on any atom is -0.325 e. The molecule has 1 heterocycles. The van der Waals surface area contributed by atoms with Crippen molar-refractivity contribution in [1.29, 1.82) is 0 Å². The lowest BCUT2D eigenvalue weighted by Crippen LogP contribution is -2.48. The van der Waals surface area contributed by atoms with Gasteiger partial charge in [0.15, 0.2) is 0 Å². The second kappa shape index (κ2) is 5.88. The van der Waals surface area contributed by atoms with Crippen LogP contribution in [0.1, 0.15) is 26.7 Å². The van der Waals surface area contributed by atoms with E-state index in [1.54, 1.807) is 13.1 Å². The van der Waals surface area contributed by atoms with Crippen molar-refractivity contribution in [3.8, 4) is 11.3 Å². The summed E-state index contributed by atoms with van der Waals surface area (Å²) in [5, 5.41) is 9.66. The maximum Gasteiger partial charge on any atom is 0.244 e. The number of nitrogens with one attached hydrogen (secondary N) is 2. The second-order valence-corrected chi connectivity index (χ2v) is 5.17. The Balaban J connectivity index is 2.06. The second-order valence-electron chi connectivity index (χ2n) is 5.17. The van der Waals surface area contributed by atoms with Crippen molar-refractivity contribution in [2.75, 3.05) is 5.32 Å². The lowest BCUT2D eigenvalue weighted by molar-refractivity contribution is -0.120. The molecule has 1 aromatic carbocycles. The van der Waals surface area contributed by atoms with Gasteiger partial charge in [0.1, 0.15) is 0 Å². The first-order valence-corrected chi connectivity index (χ1v) is 6.73. The van der Waals surface area contributed by atoms with Crippen molar-refractivity contribution in [3.05, 3.63) is 36.5 Å². The summed E-state index contributed by atoms with van der Waals surface area (Å²) in [5.74, 6) is -0.159. The van der Waals surface area contributed by atoms with E-state index in [0.717, 1.165) is 23.4 Å². The van der Waals surface area contributed by atoms with E-state index in [1.165, 1.54) is 0 Å². The van der Waals surface area contributed by atoms with Gasteiger partial charge in [-0.2, -0.15) is 5.10 Å². The zero-order chi connectivity index (χ0) is 14.6. The number of nitrogens with two attached hydrogens (primary N) is 1. The molecule has 0 spiro atoms. The van der Waals surface area contributed by atoms with E-state index in [4.69, 9.17) is 5.73 Å². The van der Waals surface area contributed by atoms with Crippen molar-refractivity contribution in [2.45, 2.75) is 32.2 Å². The lowest BCUT2D eigenvalue weighted by atomic mass is 9.96. The van der Waals surface area contributed by atoms with Crippen LogP contribution in [0.3, 0.4) is 0 Å². The molecule has 0 aliphatic rings. The molecule has 0 radical (unpaired) electrons. The fraction of sp³-hybridized carbons (Fsp3) is 0.333. The molecule has 0 saturated heterocycles. The van der Waals surface area contributed by atoms with Gasteiger partial charge in [-0.05, 0) is 37.1 Å². The molecule has 106 valence electrons. The van der Waals surface area contributed by atoms with E-state index in [2.05, 4.69) is 15.5 Å². The number of aromatic amines is 1. The fourth-order valence-corrected chi connectivity index (χ4v) is 2.06. The smallest absolute Gasteiger partial charge is 0.244 e. The van der Waals surface area contributed by atoms with Gasteiger partial charge < -0.3 is 11.1 Å². The molecule has 0 bridgehead atoms. The van der Waals surface area contributed by atoms with Gasteiger partial charge in [0, 0.05) is 11.9 Å². The van der Waals surface area contributed by atoms with Crippen LogP contribution in [0.4, 0.5) is 5.69 Å². The molecule has 0 fully saturated rings. The number of H-pyrrole nitrogens is 1. The number of nitrogens with zero attached hydrogens (tertiary/aromatic N) is 1. The van der Waals surface area contributed by atoms with E-state index < -0.39 is 5.54 Å². The predicted molar refractivity (Wildman–Crippen MR) is 80.2 cm³/mol. The summed E-state index contributed by atoms with van der Waals surface area (Å²) in [5.41, 5.74) is 7.87. The molecule has 2 aromatic rings. The lowest BCUT2D eigenvalue weighted by Gasteiger charge is -2.22. The van der Waals surface area contributed by atoms with Crippen LogP contribution < -0.4 is 11.1 Å². The molecule has 1 aromatic heterocycles. The van der Waals surface area contributed by atoms with Crippen molar-refractivity contribution < 1.29 is 4.79 Å². The maximum atomic E-state index is 12.1. The molecule has 20 heavy (non-hydrogen) atoms. The van der Waals surface area contributed by atoms with Gasteiger partial charge in [-0.3, -0.25) is 9.89 Å². The van der Waals surface area contributed by atoms with E-state index in [1.807, 2.05) is 37.3 Å². The van der Waals surface area contributed by atoms with Crippen molar-refractivity contribution in [2.24, 2.45) is 5.73 Å². The van der Waals surface area contributed by atoms with Gasteiger partial charge in [-0.15, -0.1) is 0 Å². The zero-order valence-corrected chi connectivity index (χ0v) is 11.8. The molecule has 1 atom stereocenters. The van der Waals surface area contributed by atoms with Crippen molar-refractivity contribution >= 4 is 11.6 Å². The number of aromatic nitrogens is 2. The highest BCUT2D eigenvalue weighted by atomic mass is 16.2. The Kier molecular flexibility index (Phi) is 4.20. The highest BCUT2D eigenvalue weighted by Gasteiger charge is 2.27. The van der Waals surface area contributed by atoms with Crippen molar-refractivity contribution in [1.82, 2.24) is 10.2 Å². The molecule has 1 unspecified atom stereocenters. The quantitative estimate of drug-likeness (QED) is 0.782. The number of benzene rings is 1. The molecule has 4 N–H and O–H groups in total. The summed E-state index contributed by atoms with van der Waals surface area (Å²) in [6.45, 7) is 3.77. The van der Waals surface area contributed by atoms with Crippen molar-refractivity contribution in [3.63, 3.8) is 0 Å². The first-order chi connectivity index (χ1) is 9.53. The van der Waals surface area contributed by atoms with Crippen LogP contribution in [0, 0.1) is 0 Å². The van der Waals surface area contributed by atoms with E-state index in [9.17, 15) is 4.79 Å². The van der Waals surface area contributed by atoms with Gasteiger partial charge in [0.2, 0.25) is 5.91 Å². The van der Waals surface area contributed by atoms with Crippen LogP contribution in [0.2, 0.25) is 0 Å². The summed E-state index contributed by atoms with van der Waals surface area (Å²) in [6.07, 6.45) is 3.24. The highest BCUT2D eigenvalue weighted by Crippen LogP contribution is 2.20. The number of carbonyl (C=O) groups excluding carboxylic acids is 1. The Morgan fingerprint density at radius 2 is 2.05 bits per heavy atom. The number of anilines is 1. The summed E-state index contributed by atoms with van der Waals surface area (Å²) in [7, 11) is 0. The van der Waals surface area contributed by atoms with Gasteiger partial charge in [-0.1, -0.05) is 25.5 Å². The Bertz CT molecular complexity index is 558. The van der Waals surface area contributed by atoms with Crippen LogP contribution in [0.5, 0.6) is 0 Å². The van der Waals surface area contributed by atoms with E-state index >= 15 is 0 Å². The molecule has 5 heteroatoms. The average molecular weight is 272 g/mol. The fourth-order valence-electron chi connectivity index (χ4n) is 2.06. The van der Waals surface area contributed by atoms with E-state index in [-0.39, 0.29) is 5.91 Å². The first kappa shape index (κ1) is 14.3. The molecule has 1 amide bonds. The van der Waals surface area contributed by atoms with Crippen LogP contribution in [-0.4, -0.2) is 21.6 Å². The predicted octanol–water partition coefficient (Wildman–Crippen LogP) is 2.53. The molecule has 0 aliphatic heterocycles. The maximum absolute atomic E-state index is 12.1. The molecule has 0 aliphatic carbocycles. The third-order valence-corrected chi connectivity index (χ3v) is 3.24. The standard InChI is InChI=1S/C15H20N4O/c1-3-9-15(2,16)14(20)18-12-6-4-11(5-7-12)13-8-10-17-19-13/h4-8,10H,3,9,16H2,1-2H3,(H,17,19)(H,18,20). The monoisotopic (exact) mass is 272 g/mol. The topological polar surface area (TPSA) is 83.8 Å². The summed E-state index contributed by atoms with van der Waals surface area (Å²) < 4.78 is 0. The minimum absolute atomic E-state index is 0.159. The summed E-state index contributed by atoms with van der Waals surface area (Å²) >= 11 is 0. The number of hydrogen-bond acceptors (Lipinski definition) is 3. The SMILES string of the molecule is CCCC(C)(N)C(=O)Nc1ccc(-c2ccn[nH]2)cc1. The largest absolute Gasteiger partial charge is 0.325 e. The Hall–Kier alpha value is -2.14. The van der Waals surface area contributed by atoms with Gasteiger partial charge in [-0.25, -0.2) is 0 Å². The Labute approximate surface area is 118 Å². The summed E-state index contributed by atoms with van der Waals surface area (Å²) in [6, 6.07) is 9.46. The molecular weight excluding hydrogens is 252 g/mol. The van der Waals surface area contributed by atoms with Crippen LogP contribution in [0.15, 0.2) is 36.5 Å². The summed E-state index contributed by atoms with van der Waals surface area (Å²) in [4.78, 5) is 12.1. The Morgan fingerprint density at radius 3 is 2.60 bits per heavy atom. The highest BCUT2D eigenvalue weighted by molar-refractivity contribution is 5.97. The number of amides is 1. The first-order valence-electron chi connectivity index (χ1n) is 6.73. The number of carbonyl (C=O) groups is 1. The van der Waals surface area contributed by atoms with Gasteiger partial charge in [0.25, 0.3) is 0 Å². The molecule has 5 nitrogen and oxygen atoms in total. The minimum atomic E-state index is -0.837. The molecule has 2 rings (SSSR count). The van der Waals surface area contributed by atoms with E-state index in [0.29, 0.717) is 6.42 Å². The normalized spacial score (nSPS) is 13.8.